The number of ether oxygens (including phenoxy) is 1. The molecule has 0 saturated carbocycles. The minimum Gasteiger partial charge on any atom is -0.484 e. The number of aromatic amines is 1. The third kappa shape index (κ3) is 4.20. The molecule has 2 amide bonds. The first kappa shape index (κ1) is 17.5. The van der Waals surface area contributed by atoms with E-state index in [2.05, 4.69) is 15.7 Å². The molecule has 26 heavy (non-hydrogen) atoms. The summed E-state index contributed by atoms with van der Waals surface area (Å²) in [6.07, 6.45) is 2.14. The third-order valence-electron chi connectivity index (χ3n) is 4.01. The number of benzene rings is 2. The summed E-state index contributed by atoms with van der Waals surface area (Å²) in [4.78, 5) is 27.4. The van der Waals surface area contributed by atoms with E-state index in [9.17, 15) is 9.59 Å². The highest BCUT2D eigenvalue weighted by atomic mass is 16.5. The lowest BCUT2D eigenvalue weighted by molar-refractivity contribution is -0.130. The second-order valence-electron chi connectivity index (χ2n) is 5.79. The molecule has 3 aromatic rings. The van der Waals surface area contributed by atoms with E-state index in [1.165, 1.54) is 0 Å². The predicted molar refractivity (Wildman–Crippen MR) is 98.2 cm³/mol. The number of carbonyl (C=O) groups excluding carboxylic acids is 2. The van der Waals surface area contributed by atoms with E-state index in [0.717, 1.165) is 16.5 Å². The van der Waals surface area contributed by atoms with Gasteiger partial charge in [0, 0.05) is 23.5 Å². The van der Waals surface area contributed by atoms with Crippen molar-refractivity contribution in [1.29, 1.82) is 0 Å². The summed E-state index contributed by atoms with van der Waals surface area (Å²) < 4.78 is 5.41. The fourth-order valence-electron chi connectivity index (χ4n) is 2.73. The van der Waals surface area contributed by atoms with Crippen LogP contribution in [-0.2, 0) is 16.0 Å². The molecule has 1 aromatic heterocycles. The summed E-state index contributed by atoms with van der Waals surface area (Å²) in [6.45, 7) is -0.188. The highest BCUT2D eigenvalue weighted by Gasteiger charge is 2.22. The molecule has 1 heterocycles. The zero-order valence-corrected chi connectivity index (χ0v) is 14.1. The zero-order chi connectivity index (χ0) is 18.4. The van der Waals surface area contributed by atoms with E-state index in [-0.39, 0.29) is 6.61 Å². The number of nitrogens with one attached hydrogen (secondary N) is 3. The first-order valence-corrected chi connectivity index (χ1v) is 8.20. The smallest absolute Gasteiger partial charge is 0.258 e. The molecule has 0 bridgehead atoms. The summed E-state index contributed by atoms with van der Waals surface area (Å²) in [6, 6.07) is 15.9. The van der Waals surface area contributed by atoms with Crippen molar-refractivity contribution in [3.63, 3.8) is 0 Å². The molecule has 0 aliphatic rings. The van der Waals surface area contributed by atoms with Gasteiger partial charge in [0.05, 0.1) is 0 Å². The molecule has 0 aliphatic carbocycles. The number of carbonyl (C=O) groups is 2. The Bertz CT molecular complexity index is 892. The van der Waals surface area contributed by atoms with Crippen molar-refractivity contribution >= 4 is 22.7 Å². The maximum atomic E-state index is 12.2. The van der Waals surface area contributed by atoms with Gasteiger partial charge in [0.15, 0.2) is 6.61 Å². The second-order valence-corrected chi connectivity index (χ2v) is 5.79. The summed E-state index contributed by atoms with van der Waals surface area (Å²) in [7, 11) is 0. The van der Waals surface area contributed by atoms with Crippen LogP contribution in [0.1, 0.15) is 5.56 Å². The molecule has 0 radical (unpaired) electrons. The number of para-hydroxylation sites is 2. The number of hydrazine groups is 1. The molecular weight excluding hydrogens is 332 g/mol. The maximum Gasteiger partial charge on any atom is 0.258 e. The van der Waals surface area contributed by atoms with Crippen molar-refractivity contribution in [1.82, 2.24) is 15.7 Å². The van der Waals surface area contributed by atoms with E-state index in [1.807, 2.05) is 48.7 Å². The van der Waals surface area contributed by atoms with Gasteiger partial charge in [-0.05, 0) is 23.8 Å². The number of H-pyrrole nitrogens is 1. The molecule has 0 fully saturated rings. The van der Waals surface area contributed by atoms with Crippen molar-refractivity contribution in [2.24, 2.45) is 5.84 Å². The standard InChI is InChI=1S/C19H20N4O3/c20-23-19(25)17(10-13-11-21-16-9-5-4-8-15(13)16)22-18(24)12-26-14-6-2-1-3-7-14/h1-9,11,17,21H,10,12,20H2,(H,22,24)(H,23,25). The van der Waals surface area contributed by atoms with Gasteiger partial charge in [-0.1, -0.05) is 36.4 Å². The Morgan fingerprint density at radius 1 is 1.08 bits per heavy atom. The van der Waals surface area contributed by atoms with Gasteiger partial charge in [-0.3, -0.25) is 15.0 Å². The highest BCUT2D eigenvalue weighted by Crippen LogP contribution is 2.19. The van der Waals surface area contributed by atoms with Crippen LogP contribution in [0.3, 0.4) is 0 Å². The van der Waals surface area contributed by atoms with E-state index in [0.29, 0.717) is 12.2 Å². The molecule has 3 rings (SSSR count). The zero-order valence-electron chi connectivity index (χ0n) is 14.1. The van der Waals surface area contributed by atoms with Crippen LogP contribution < -0.4 is 21.3 Å². The van der Waals surface area contributed by atoms with E-state index in [1.54, 1.807) is 12.1 Å². The van der Waals surface area contributed by atoms with Gasteiger partial charge >= 0.3 is 0 Å². The molecule has 0 spiro atoms. The fourth-order valence-corrected chi connectivity index (χ4v) is 2.73. The predicted octanol–water partition coefficient (Wildman–Crippen LogP) is 1.26. The van der Waals surface area contributed by atoms with Crippen molar-refractivity contribution in [2.45, 2.75) is 12.5 Å². The Kier molecular flexibility index (Phi) is 5.50. The van der Waals surface area contributed by atoms with Crippen LogP contribution in [0, 0.1) is 0 Å². The number of rotatable bonds is 7. The van der Waals surface area contributed by atoms with Crippen LogP contribution in [0.4, 0.5) is 0 Å². The first-order valence-electron chi connectivity index (χ1n) is 8.20. The van der Waals surface area contributed by atoms with Crippen molar-refractivity contribution in [3.8, 4) is 5.75 Å². The minimum absolute atomic E-state index is 0.188. The molecule has 0 saturated heterocycles. The third-order valence-corrected chi connectivity index (χ3v) is 4.01. The molecule has 7 heteroatoms. The summed E-state index contributed by atoms with van der Waals surface area (Å²) in [5.74, 6) is 4.98. The van der Waals surface area contributed by atoms with Crippen LogP contribution in [0.2, 0.25) is 0 Å². The first-order chi connectivity index (χ1) is 12.7. The quantitative estimate of drug-likeness (QED) is 0.292. The number of fused-ring (bicyclic) bond motifs is 1. The summed E-state index contributed by atoms with van der Waals surface area (Å²) >= 11 is 0. The van der Waals surface area contributed by atoms with Crippen molar-refractivity contribution in [3.05, 3.63) is 66.4 Å². The lowest BCUT2D eigenvalue weighted by Crippen LogP contribution is -2.51. The number of aromatic nitrogens is 1. The Labute approximate surface area is 150 Å². The van der Waals surface area contributed by atoms with Crippen LogP contribution in [0.25, 0.3) is 10.9 Å². The fraction of sp³-hybridized carbons (Fsp3) is 0.158. The maximum absolute atomic E-state index is 12.2. The lowest BCUT2D eigenvalue weighted by Gasteiger charge is -2.17. The van der Waals surface area contributed by atoms with Crippen LogP contribution >= 0.6 is 0 Å². The topological polar surface area (TPSA) is 109 Å². The van der Waals surface area contributed by atoms with Gasteiger partial charge in [-0.15, -0.1) is 0 Å². The second kappa shape index (κ2) is 8.17. The van der Waals surface area contributed by atoms with Gasteiger partial charge in [0.1, 0.15) is 11.8 Å². The van der Waals surface area contributed by atoms with Gasteiger partial charge in [-0.25, -0.2) is 5.84 Å². The Morgan fingerprint density at radius 3 is 2.58 bits per heavy atom. The molecular formula is C19H20N4O3. The van der Waals surface area contributed by atoms with Crippen LogP contribution in [0.15, 0.2) is 60.8 Å². The molecule has 1 unspecified atom stereocenters. The highest BCUT2D eigenvalue weighted by molar-refractivity contribution is 5.89. The molecule has 0 aliphatic heterocycles. The van der Waals surface area contributed by atoms with Crippen molar-refractivity contribution in [2.75, 3.05) is 6.61 Å². The van der Waals surface area contributed by atoms with Crippen LogP contribution in [-0.4, -0.2) is 29.4 Å². The number of amides is 2. The Morgan fingerprint density at radius 2 is 1.81 bits per heavy atom. The van der Waals surface area contributed by atoms with Gasteiger partial charge < -0.3 is 15.0 Å². The normalized spacial score (nSPS) is 11.7. The number of nitrogens with two attached hydrogens (primary N) is 1. The number of hydrogen-bond donors (Lipinski definition) is 4. The van der Waals surface area contributed by atoms with E-state index >= 15 is 0 Å². The molecule has 2 aromatic carbocycles. The average Bonchev–Trinajstić information content (AvgIpc) is 3.09. The van der Waals surface area contributed by atoms with E-state index in [4.69, 9.17) is 10.6 Å². The van der Waals surface area contributed by atoms with Gasteiger partial charge in [-0.2, -0.15) is 0 Å². The monoisotopic (exact) mass is 352 g/mol. The SMILES string of the molecule is NNC(=O)C(Cc1c[nH]c2ccccc12)NC(=O)COc1ccccc1. The van der Waals surface area contributed by atoms with Crippen molar-refractivity contribution < 1.29 is 14.3 Å². The Hall–Kier alpha value is -3.32. The summed E-state index contributed by atoms with van der Waals surface area (Å²) in [5.41, 5.74) is 3.98. The molecule has 134 valence electrons. The lowest BCUT2D eigenvalue weighted by atomic mass is 10.0. The molecule has 1 atom stereocenters. The van der Waals surface area contributed by atoms with Crippen LogP contribution in [0.5, 0.6) is 5.75 Å². The van der Waals surface area contributed by atoms with E-state index < -0.39 is 17.9 Å². The van der Waals surface area contributed by atoms with Gasteiger partial charge in [0.2, 0.25) is 0 Å². The molecule has 7 nitrogen and oxygen atoms in total. The number of hydrogen-bond acceptors (Lipinski definition) is 4. The van der Waals surface area contributed by atoms with Gasteiger partial charge in [0.25, 0.3) is 11.8 Å². The Balaban J connectivity index is 1.66. The largest absolute Gasteiger partial charge is 0.484 e. The molecule has 5 N–H and O–H groups in total. The minimum atomic E-state index is -0.800. The average molecular weight is 352 g/mol. The summed E-state index contributed by atoms with van der Waals surface area (Å²) in [5, 5.41) is 3.67.